The van der Waals surface area contributed by atoms with E-state index in [0.717, 1.165) is 0 Å². The second-order valence-corrected chi connectivity index (χ2v) is 5.84. The average molecular weight is 273 g/mol. The molecule has 19 heavy (non-hydrogen) atoms. The largest absolute Gasteiger partial charge is 0.479 e. The molecule has 0 spiro atoms. The molecule has 1 aliphatic rings. The standard InChI is InChI=1S/C13H23NO5/c1-6-13(10(15)16)7-9(18-5)8-14(13)11(17)19-12(2,3)4/h9H,6-8H2,1-5H3,(H,15,16)/t9-,13-/m1/s1. The number of ether oxygens (including phenoxy) is 2. The van der Waals surface area contributed by atoms with Gasteiger partial charge >= 0.3 is 12.1 Å². The van der Waals surface area contributed by atoms with Crippen molar-refractivity contribution in [1.82, 2.24) is 4.90 Å². The van der Waals surface area contributed by atoms with Gasteiger partial charge in [0.15, 0.2) is 0 Å². The van der Waals surface area contributed by atoms with Crippen LogP contribution in [-0.2, 0) is 14.3 Å². The number of nitrogens with zero attached hydrogens (tertiary/aromatic N) is 1. The Morgan fingerprint density at radius 2 is 2.00 bits per heavy atom. The van der Waals surface area contributed by atoms with E-state index in [-0.39, 0.29) is 19.1 Å². The van der Waals surface area contributed by atoms with Crippen LogP contribution < -0.4 is 0 Å². The van der Waals surface area contributed by atoms with Crippen molar-refractivity contribution in [3.05, 3.63) is 0 Å². The van der Waals surface area contributed by atoms with Gasteiger partial charge < -0.3 is 14.6 Å². The summed E-state index contributed by atoms with van der Waals surface area (Å²) >= 11 is 0. The van der Waals surface area contributed by atoms with Crippen LogP contribution >= 0.6 is 0 Å². The number of carboxylic acid groups (broad SMARTS) is 1. The van der Waals surface area contributed by atoms with Crippen molar-refractivity contribution in [2.24, 2.45) is 0 Å². The Balaban J connectivity index is 3.01. The predicted molar refractivity (Wildman–Crippen MR) is 69.0 cm³/mol. The summed E-state index contributed by atoms with van der Waals surface area (Å²) in [6, 6.07) is 0. The van der Waals surface area contributed by atoms with Crippen LogP contribution in [0.5, 0.6) is 0 Å². The van der Waals surface area contributed by atoms with Crippen LogP contribution in [0, 0.1) is 0 Å². The molecule has 0 radical (unpaired) electrons. The Hall–Kier alpha value is -1.30. The zero-order chi connectivity index (χ0) is 14.8. The Kier molecular flexibility index (Phi) is 4.45. The van der Waals surface area contributed by atoms with Crippen molar-refractivity contribution in [2.45, 2.75) is 57.8 Å². The van der Waals surface area contributed by atoms with Gasteiger partial charge in [-0.3, -0.25) is 4.90 Å². The first kappa shape index (κ1) is 15.8. The first-order valence-electron chi connectivity index (χ1n) is 6.43. The summed E-state index contributed by atoms with van der Waals surface area (Å²) in [5, 5.41) is 9.49. The summed E-state index contributed by atoms with van der Waals surface area (Å²) in [6.07, 6.45) is -0.268. The lowest BCUT2D eigenvalue weighted by Crippen LogP contribution is -2.53. The number of carbonyl (C=O) groups excluding carboxylic acids is 1. The summed E-state index contributed by atoms with van der Waals surface area (Å²) in [4.78, 5) is 25.1. The van der Waals surface area contributed by atoms with Crippen LogP contribution in [0.25, 0.3) is 0 Å². The Morgan fingerprint density at radius 1 is 1.42 bits per heavy atom. The highest BCUT2D eigenvalue weighted by atomic mass is 16.6. The van der Waals surface area contributed by atoms with Gasteiger partial charge in [0.05, 0.1) is 12.6 Å². The molecule has 1 rings (SSSR count). The minimum atomic E-state index is -1.23. The number of methoxy groups -OCH3 is 1. The fraction of sp³-hybridized carbons (Fsp3) is 0.846. The zero-order valence-corrected chi connectivity index (χ0v) is 12.2. The van der Waals surface area contributed by atoms with E-state index in [9.17, 15) is 14.7 Å². The highest BCUT2D eigenvalue weighted by Crippen LogP contribution is 2.35. The van der Waals surface area contributed by atoms with Crippen LogP contribution in [-0.4, -0.2) is 53.0 Å². The number of rotatable bonds is 3. The summed E-state index contributed by atoms with van der Waals surface area (Å²) in [7, 11) is 1.52. The lowest BCUT2D eigenvalue weighted by Gasteiger charge is -2.34. The van der Waals surface area contributed by atoms with Gasteiger partial charge in [-0.15, -0.1) is 0 Å². The number of aliphatic carboxylic acids is 1. The topological polar surface area (TPSA) is 76.1 Å². The number of hydrogen-bond acceptors (Lipinski definition) is 4. The molecule has 6 heteroatoms. The van der Waals surface area contributed by atoms with Gasteiger partial charge in [-0.1, -0.05) is 6.92 Å². The predicted octanol–water partition coefficient (Wildman–Crippen LogP) is 1.88. The molecule has 0 saturated carbocycles. The van der Waals surface area contributed by atoms with Crippen molar-refractivity contribution in [2.75, 3.05) is 13.7 Å². The van der Waals surface area contributed by atoms with Crippen molar-refractivity contribution in [3.63, 3.8) is 0 Å². The quantitative estimate of drug-likeness (QED) is 0.849. The average Bonchev–Trinajstić information content (AvgIpc) is 2.66. The molecule has 1 amide bonds. The molecule has 0 bridgehead atoms. The van der Waals surface area contributed by atoms with Crippen molar-refractivity contribution >= 4 is 12.1 Å². The highest BCUT2D eigenvalue weighted by molar-refractivity contribution is 5.85. The molecule has 0 aromatic carbocycles. The second-order valence-electron chi connectivity index (χ2n) is 5.84. The van der Waals surface area contributed by atoms with Gasteiger partial charge in [0.2, 0.25) is 0 Å². The molecule has 0 aromatic heterocycles. The maximum atomic E-state index is 12.2. The minimum absolute atomic E-state index is 0.242. The lowest BCUT2D eigenvalue weighted by atomic mass is 9.92. The molecule has 0 unspecified atom stereocenters. The maximum Gasteiger partial charge on any atom is 0.411 e. The third-order valence-corrected chi connectivity index (χ3v) is 3.40. The summed E-state index contributed by atoms with van der Waals surface area (Å²) in [5.41, 5.74) is -1.89. The molecule has 1 aliphatic heterocycles. The number of carbonyl (C=O) groups is 2. The number of likely N-dealkylation sites (tertiary alicyclic amines) is 1. The molecule has 1 N–H and O–H groups in total. The fourth-order valence-electron chi connectivity index (χ4n) is 2.34. The van der Waals surface area contributed by atoms with E-state index in [2.05, 4.69) is 0 Å². The Morgan fingerprint density at radius 3 is 2.37 bits per heavy atom. The first-order valence-corrected chi connectivity index (χ1v) is 6.43. The van der Waals surface area contributed by atoms with E-state index in [1.54, 1.807) is 27.7 Å². The van der Waals surface area contributed by atoms with Crippen molar-refractivity contribution in [3.8, 4) is 0 Å². The van der Waals surface area contributed by atoms with E-state index in [4.69, 9.17) is 9.47 Å². The molecule has 2 atom stereocenters. The summed E-state index contributed by atoms with van der Waals surface area (Å²) in [6.45, 7) is 7.25. The minimum Gasteiger partial charge on any atom is -0.479 e. The molecular formula is C13H23NO5. The number of amides is 1. The van der Waals surface area contributed by atoms with Crippen molar-refractivity contribution < 1.29 is 24.2 Å². The molecule has 110 valence electrons. The maximum absolute atomic E-state index is 12.2. The first-order chi connectivity index (χ1) is 8.66. The van der Waals surface area contributed by atoms with Crippen molar-refractivity contribution in [1.29, 1.82) is 0 Å². The van der Waals surface area contributed by atoms with E-state index in [0.29, 0.717) is 6.42 Å². The summed E-state index contributed by atoms with van der Waals surface area (Å²) < 4.78 is 10.5. The van der Waals surface area contributed by atoms with Gasteiger partial charge in [0.25, 0.3) is 0 Å². The SMILES string of the molecule is CC[C@]1(C(=O)O)C[C@@H](OC)CN1C(=O)OC(C)(C)C. The van der Waals surface area contributed by atoms with Crippen LogP contribution in [0.3, 0.4) is 0 Å². The monoisotopic (exact) mass is 273 g/mol. The summed E-state index contributed by atoms with van der Waals surface area (Å²) in [5.74, 6) is -1.01. The highest BCUT2D eigenvalue weighted by Gasteiger charge is 2.53. The third kappa shape index (κ3) is 3.18. The molecule has 6 nitrogen and oxygen atoms in total. The van der Waals surface area contributed by atoms with E-state index in [1.165, 1.54) is 12.0 Å². The molecule has 1 saturated heterocycles. The molecule has 0 aliphatic carbocycles. The van der Waals surface area contributed by atoms with Crippen LogP contribution in [0.2, 0.25) is 0 Å². The lowest BCUT2D eigenvalue weighted by molar-refractivity contribution is -0.149. The molecule has 1 fully saturated rings. The normalized spacial score (nSPS) is 27.4. The van der Waals surface area contributed by atoms with E-state index in [1.807, 2.05) is 0 Å². The van der Waals surface area contributed by atoms with Gasteiger partial charge in [0.1, 0.15) is 11.1 Å². The number of carboxylic acids is 1. The fourth-order valence-corrected chi connectivity index (χ4v) is 2.34. The molecular weight excluding hydrogens is 250 g/mol. The van der Waals surface area contributed by atoms with Gasteiger partial charge in [-0.25, -0.2) is 9.59 Å². The zero-order valence-electron chi connectivity index (χ0n) is 12.2. The van der Waals surface area contributed by atoms with Crippen LogP contribution in [0.15, 0.2) is 0 Å². The second kappa shape index (κ2) is 5.36. The van der Waals surface area contributed by atoms with E-state index >= 15 is 0 Å². The van der Waals surface area contributed by atoms with Gasteiger partial charge in [-0.05, 0) is 27.2 Å². The van der Waals surface area contributed by atoms with Crippen LogP contribution in [0.1, 0.15) is 40.5 Å². The molecule has 0 aromatic rings. The van der Waals surface area contributed by atoms with Gasteiger partial charge in [-0.2, -0.15) is 0 Å². The third-order valence-electron chi connectivity index (χ3n) is 3.40. The number of hydrogen-bond donors (Lipinski definition) is 1. The Labute approximate surface area is 113 Å². The van der Waals surface area contributed by atoms with Crippen LogP contribution in [0.4, 0.5) is 4.79 Å². The van der Waals surface area contributed by atoms with Gasteiger partial charge in [0, 0.05) is 13.5 Å². The molecule has 1 heterocycles. The smallest absolute Gasteiger partial charge is 0.411 e. The van der Waals surface area contributed by atoms with E-state index < -0.39 is 23.2 Å². The Bertz CT molecular complexity index is 363.